The van der Waals surface area contributed by atoms with Crippen molar-refractivity contribution in [1.82, 2.24) is 5.32 Å². The van der Waals surface area contributed by atoms with Gasteiger partial charge in [0.15, 0.2) is 0 Å². The first-order valence-electron chi connectivity index (χ1n) is 7.87. The van der Waals surface area contributed by atoms with Crippen LogP contribution < -0.4 is 10.1 Å². The molecule has 0 fully saturated rings. The second kappa shape index (κ2) is 6.73. The van der Waals surface area contributed by atoms with Crippen LogP contribution in [0, 0.1) is 5.92 Å². The summed E-state index contributed by atoms with van der Waals surface area (Å²) in [5, 5.41) is 11.5. The van der Waals surface area contributed by atoms with Crippen LogP contribution in [0.25, 0.3) is 0 Å². The molecule has 0 saturated carbocycles. The van der Waals surface area contributed by atoms with E-state index in [1.165, 1.54) is 16.7 Å². The molecular weight excluding hydrogens is 290 g/mol. The molecule has 23 heavy (non-hydrogen) atoms. The van der Waals surface area contributed by atoms with Gasteiger partial charge < -0.3 is 15.2 Å². The molecule has 0 bridgehead atoms. The smallest absolute Gasteiger partial charge is 0.404 e. The number of nitrogens with one attached hydrogen (secondary N) is 1. The number of hydrogen-bond acceptors (Lipinski definition) is 2. The predicted octanol–water partition coefficient (Wildman–Crippen LogP) is 3.66. The summed E-state index contributed by atoms with van der Waals surface area (Å²) >= 11 is 0. The molecule has 0 spiro atoms. The van der Waals surface area contributed by atoms with Crippen LogP contribution in [0.15, 0.2) is 48.5 Å². The number of hydrogen-bond donors (Lipinski definition) is 2. The number of amides is 1. The van der Waals surface area contributed by atoms with Crippen molar-refractivity contribution in [3.63, 3.8) is 0 Å². The monoisotopic (exact) mass is 311 g/mol. The Labute approximate surface area is 136 Å². The second-order valence-corrected chi connectivity index (χ2v) is 5.94. The SMILES string of the molecule is COc1ccc2c(c1)CC[C@H](CNC(=O)O)[C@@H]2c1ccccc1. The Morgan fingerprint density at radius 1 is 1.26 bits per heavy atom. The maximum atomic E-state index is 10.9. The molecule has 2 atom stereocenters. The minimum atomic E-state index is -0.961. The largest absolute Gasteiger partial charge is 0.497 e. The zero-order valence-electron chi connectivity index (χ0n) is 13.2. The van der Waals surface area contributed by atoms with E-state index in [4.69, 9.17) is 9.84 Å². The Balaban J connectivity index is 1.98. The maximum absolute atomic E-state index is 10.9. The average molecular weight is 311 g/mol. The van der Waals surface area contributed by atoms with Crippen LogP contribution in [0.1, 0.15) is 29.0 Å². The molecule has 2 aromatic rings. The van der Waals surface area contributed by atoms with Gasteiger partial charge in [-0.3, -0.25) is 0 Å². The van der Waals surface area contributed by atoms with E-state index in [0.29, 0.717) is 6.54 Å². The van der Waals surface area contributed by atoms with Gasteiger partial charge in [-0.15, -0.1) is 0 Å². The van der Waals surface area contributed by atoms with Crippen molar-refractivity contribution < 1.29 is 14.6 Å². The molecule has 0 aromatic heterocycles. The fourth-order valence-corrected chi connectivity index (χ4v) is 3.54. The molecule has 4 heteroatoms. The van der Waals surface area contributed by atoms with Crippen LogP contribution in [-0.2, 0) is 6.42 Å². The molecule has 2 N–H and O–H groups in total. The molecule has 0 heterocycles. The average Bonchev–Trinajstić information content (AvgIpc) is 2.59. The highest BCUT2D eigenvalue weighted by molar-refractivity contribution is 5.64. The van der Waals surface area contributed by atoms with Crippen molar-refractivity contribution >= 4 is 6.09 Å². The zero-order chi connectivity index (χ0) is 16.2. The summed E-state index contributed by atoms with van der Waals surface area (Å²) in [5.74, 6) is 1.34. The topological polar surface area (TPSA) is 58.6 Å². The molecule has 1 aliphatic rings. The highest BCUT2D eigenvalue weighted by atomic mass is 16.5. The first-order chi connectivity index (χ1) is 11.2. The number of fused-ring (bicyclic) bond motifs is 1. The number of aryl methyl sites for hydroxylation is 1. The minimum absolute atomic E-state index is 0.206. The van der Waals surface area contributed by atoms with Gasteiger partial charge in [0.1, 0.15) is 5.75 Å². The zero-order valence-corrected chi connectivity index (χ0v) is 13.2. The van der Waals surface area contributed by atoms with E-state index < -0.39 is 6.09 Å². The van der Waals surface area contributed by atoms with E-state index in [0.717, 1.165) is 18.6 Å². The van der Waals surface area contributed by atoms with Gasteiger partial charge in [0.25, 0.3) is 0 Å². The van der Waals surface area contributed by atoms with Crippen molar-refractivity contribution in [1.29, 1.82) is 0 Å². The van der Waals surface area contributed by atoms with Gasteiger partial charge >= 0.3 is 6.09 Å². The third-order valence-electron chi connectivity index (χ3n) is 4.62. The van der Waals surface area contributed by atoms with Crippen LogP contribution in [-0.4, -0.2) is 24.9 Å². The molecule has 1 amide bonds. The van der Waals surface area contributed by atoms with Crippen molar-refractivity contribution in [2.45, 2.75) is 18.8 Å². The van der Waals surface area contributed by atoms with Gasteiger partial charge in [-0.1, -0.05) is 36.4 Å². The van der Waals surface area contributed by atoms with Crippen molar-refractivity contribution in [2.75, 3.05) is 13.7 Å². The van der Waals surface area contributed by atoms with Crippen LogP contribution in [0.5, 0.6) is 5.75 Å². The number of carbonyl (C=O) groups is 1. The maximum Gasteiger partial charge on any atom is 0.404 e. The van der Waals surface area contributed by atoms with Crippen LogP contribution in [0.2, 0.25) is 0 Å². The van der Waals surface area contributed by atoms with E-state index in [9.17, 15) is 4.79 Å². The molecule has 0 radical (unpaired) electrons. The predicted molar refractivity (Wildman–Crippen MR) is 89.1 cm³/mol. The Hall–Kier alpha value is -2.49. The molecule has 0 aliphatic heterocycles. The number of benzene rings is 2. The van der Waals surface area contributed by atoms with E-state index in [-0.39, 0.29) is 11.8 Å². The Morgan fingerprint density at radius 2 is 2.04 bits per heavy atom. The third-order valence-corrected chi connectivity index (χ3v) is 4.62. The van der Waals surface area contributed by atoms with E-state index in [1.54, 1.807) is 7.11 Å². The number of methoxy groups -OCH3 is 1. The summed E-state index contributed by atoms with van der Waals surface area (Å²) in [6.45, 7) is 0.473. The highest BCUT2D eigenvalue weighted by Gasteiger charge is 2.31. The third kappa shape index (κ3) is 3.31. The summed E-state index contributed by atoms with van der Waals surface area (Å²) in [4.78, 5) is 10.9. The Kier molecular flexibility index (Phi) is 4.51. The lowest BCUT2D eigenvalue weighted by Crippen LogP contribution is -2.33. The summed E-state index contributed by atoms with van der Waals surface area (Å²) in [7, 11) is 1.68. The Bertz CT molecular complexity index is 684. The molecule has 1 aliphatic carbocycles. The first-order valence-corrected chi connectivity index (χ1v) is 7.87. The molecule has 2 aromatic carbocycles. The van der Waals surface area contributed by atoms with Gasteiger partial charge in [0.05, 0.1) is 7.11 Å². The normalized spacial score (nSPS) is 19.7. The summed E-state index contributed by atoms with van der Waals surface area (Å²) < 4.78 is 5.34. The van der Waals surface area contributed by atoms with Gasteiger partial charge in [-0.05, 0) is 47.6 Å². The quantitative estimate of drug-likeness (QED) is 0.906. The lowest BCUT2D eigenvalue weighted by molar-refractivity contribution is 0.191. The molecule has 4 nitrogen and oxygen atoms in total. The lowest BCUT2D eigenvalue weighted by atomic mass is 9.72. The van der Waals surface area contributed by atoms with Crippen molar-refractivity contribution in [3.8, 4) is 5.75 Å². The minimum Gasteiger partial charge on any atom is -0.497 e. The van der Waals surface area contributed by atoms with Crippen LogP contribution in [0.3, 0.4) is 0 Å². The number of carboxylic acid groups (broad SMARTS) is 1. The second-order valence-electron chi connectivity index (χ2n) is 5.94. The van der Waals surface area contributed by atoms with Gasteiger partial charge in [-0.2, -0.15) is 0 Å². The highest BCUT2D eigenvalue weighted by Crippen LogP contribution is 2.41. The standard InChI is InChI=1S/C19H21NO3/c1-23-16-9-10-17-14(11-16)7-8-15(12-20-19(21)22)18(17)13-5-3-2-4-6-13/h2-6,9-11,15,18,20H,7-8,12H2,1H3,(H,21,22)/t15-,18+/m1/s1. The van der Waals surface area contributed by atoms with E-state index in [2.05, 4.69) is 29.6 Å². The van der Waals surface area contributed by atoms with E-state index in [1.807, 2.05) is 24.3 Å². The molecule has 120 valence electrons. The molecular formula is C19H21NO3. The fraction of sp³-hybridized carbons (Fsp3) is 0.316. The molecule has 0 unspecified atom stereocenters. The van der Waals surface area contributed by atoms with Crippen LogP contribution >= 0.6 is 0 Å². The molecule has 0 saturated heterocycles. The van der Waals surface area contributed by atoms with Crippen LogP contribution in [0.4, 0.5) is 4.79 Å². The summed E-state index contributed by atoms with van der Waals surface area (Å²) in [6.07, 6.45) is 0.944. The van der Waals surface area contributed by atoms with Gasteiger partial charge in [0.2, 0.25) is 0 Å². The fourth-order valence-electron chi connectivity index (χ4n) is 3.54. The summed E-state index contributed by atoms with van der Waals surface area (Å²) in [5.41, 5.74) is 3.81. The van der Waals surface area contributed by atoms with E-state index >= 15 is 0 Å². The lowest BCUT2D eigenvalue weighted by Gasteiger charge is -2.34. The first kappa shape index (κ1) is 15.4. The van der Waals surface area contributed by atoms with Crippen molar-refractivity contribution in [3.05, 3.63) is 65.2 Å². The van der Waals surface area contributed by atoms with Crippen molar-refractivity contribution in [2.24, 2.45) is 5.92 Å². The van der Waals surface area contributed by atoms with Gasteiger partial charge in [-0.25, -0.2) is 4.79 Å². The summed E-state index contributed by atoms with van der Waals surface area (Å²) in [6, 6.07) is 16.5. The Morgan fingerprint density at radius 3 is 2.74 bits per heavy atom. The number of ether oxygens (including phenoxy) is 1. The molecule has 3 rings (SSSR count). The van der Waals surface area contributed by atoms with Gasteiger partial charge in [0, 0.05) is 12.5 Å². The number of rotatable bonds is 4.